The lowest BCUT2D eigenvalue weighted by molar-refractivity contribution is 0.0434. The van der Waals surface area contributed by atoms with Gasteiger partial charge in [-0.3, -0.25) is 0 Å². The molecule has 2 N–H and O–H groups in total. The SMILES string of the molecule is O=C(OCCO)c1ccc(O)c(Cl)c1. The molecule has 0 saturated carbocycles. The number of rotatable bonds is 3. The Morgan fingerprint density at radius 3 is 2.79 bits per heavy atom. The number of ether oxygens (including phenoxy) is 1. The minimum absolute atomic E-state index is 0.0582. The second kappa shape index (κ2) is 4.83. The first kappa shape index (κ1) is 10.8. The normalized spacial score (nSPS) is 9.86. The summed E-state index contributed by atoms with van der Waals surface area (Å²) < 4.78 is 4.64. The van der Waals surface area contributed by atoms with E-state index in [9.17, 15) is 4.79 Å². The van der Waals surface area contributed by atoms with Crippen molar-refractivity contribution >= 4 is 17.6 Å². The van der Waals surface area contributed by atoms with E-state index >= 15 is 0 Å². The maximum Gasteiger partial charge on any atom is 0.338 e. The highest BCUT2D eigenvalue weighted by Gasteiger charge is 2.08. The van der Waals surface area contributed by atoms with E-state index in [4.69, 9.17) is 21.8 Å². The summed E-state index contributed by atoms with van der Waals surface area (Å²) >= 11 is 5.58. The van der Waals surface area contributed by atoms with Gasteiger partial charge in [-0.25, -0.2) is 4.79 Å². The standard InChI is InChI=1S/C9H9ClO4/c10-7-5-6(1-2-8(7)12)9(13)14-4-3-11/h1-2,5,11-12H,3-4H2. The number of aliphatic hydroxyl groups excluding tert-OH is 1. The maximum atomic E-state index is 11.2. The first-order valence-corrected chi connectivity index (χ1v) is 4.29. The van der Waals surface area contributed by atoms with Crippen molar-refractivity contribution in [3.63, 3.8) is 0 Å². The Balaban J connectivity index is 2.76. The van der Waals surface area contributed by atoms with Crippen LogP contribution in [0.25, 0.3) is 0 Å². The lowest BCUT2D eigenvalue weighted by atomic mass is 10.2. The van der Waals surface area contributed by atoms with E-state index < -0.39 is 5.97 Å². The molecular weight excluding hydrogens is 208 g/mol. The quantitative estimate of drug-likeness (QED) is 0.745. The van der Waals surface area contributed by atoms with E-state index in [0.29, 0.717) is 0 Å². The fourth-order valence-corrected chi connectivity index (χ4v) is 1.04. The van der Waals surface area contributed by atoms with Crippen LogP contribution in [0.3, 0.4) is 0 Å². The van der Waals surface area contributed by atoms with Crippen LogP contribution in [0, 0.1) is 0 Å². The first-order chi connectivity index (χ1) is 6.65. The summed E-state index contributed by atoms with van der Waals surface area (Å²) in [5.41, 5.74) is 0.237. The first-order valence-electron chi connectivity index (χ1n) is 3.91. The number of phenolic OH excluding ortho intramolecular Hbond substituents is 1. The smallest absolute Gasteiger partial charge is 0.338 e. The predicted octanol–water partition coefficient (Wildman–Crippen LogP) is 1.19. The molecule has 0 unspecified atom stereocenters. The number of aliphatic hydroxyl groups is 1. The summed E-state index contributed by atoms with van der Waals surface area (Å²) in [5.74, 6) is -0.675. The number of benzene rings is 1. The number of carbonyl (C=O) groups is 1. The molecule has 0 heterocycles. The highest BCUT2D eigenvalue weighted by molar-refractivity contribution is 6.32. The molecule has 0 amide bonds. The third-order valence-corrected chi connectivity index (χ3v) is 1.81. The fraction of sp³-hybridized carbons (Fsp3) is 0.222. The zero-order chi connectivity index (χ0) is 10.6. The third-order valence-electron chi connectivity index (χ3n) is 1.51. The Kier molecular flexibility index (Phi) is 3.73. The van der Waals surface area contributed by atoms with Crippen molar-refractivity contribution < 1.29 is 19.7 Å². The largest absolute Gasteiger partial charge is 0.506 e. The Morgan fingerprint density at radius 2 is 2.21 bits per heavy atom. The van der Waals surface area contributed by atoms with E-state index in [2.05, 4.69) is 4.74 Å². The Labute approximate surface area is 85.7 Å². The van der Waals surface area contributed by atoms with Gasteiger partial charge in [0.05, 0.1) is 17.2 Å². The monoisotopic (exact) mass is 216 g/mol. The van der Waals surface area contributed by atoms with Gasteiger partial charge in [0.15, 0.2) is 0 Å². The molecule has 0 spiro atoms. The van der Waals surface area contributed by atoms with Crippen molar-refractivity contribution in [2.24, 2.45) is 0 Å². The van der Waals surface area contributed by atoms with Gasteiger partial charge in [0.25, 0.3) is 0 Å². The molecule has 76 valence electrons. The van der Waals surface area contributed by atoms with Gasteiger partial charge in [0, 0.05) is 0 Å². The molecule has 0 aliphatic carbocycles. The van der Waals surface area contributed by atoms with Crippen LogP contribution in [0.5, 0.6) is 5.75 Å². The number of halogens is 1. The topological polar surface area (TPSA) is 66.8 Å². The second-order valence-corrected chi connectivity index (χ2v) is 2.93. The van der Waals surface area contributed by atoms with Crippen LogP contribution in [0.15, 0.2) is 18.2 Å². The molecule has 0 aromatic heterocycles. The zero-order valence-electron chi connectivity index (χ0n) is 7.24. The van der Waals surface area contributed by atoms with Gasteiger partial charge >= 0.3 is 5.97 Å². The zero-order valence-corrected chi connectivity index (χ0v) is 7.99. The molecule has 1 rings (SSSR count). The molecule has 4 nitrogen and oxygen atoms in total. The molecular formula is C9H9ClO4. The summed E-state index contributed by atoms with van der Waals surface area (Å²) in [5, 5.41) is 17.6. The van der Waals surface area contributed by atoms with Gasteiger partial charge in [-0.15, -0.1) is 0 Å². The van der Waals surface area contributed by atoms with Crippen LogP contribution >= 0.6 is 11.6 Å². The molecule has 0 atom stereocenters. The minimum atomic E-state index is -0.582. The van der Waals surface area contributed by atoms with E-state index in [1.165, 1.54) is 18.2 Å². The van der Waals surface area contributed by atoms with Gasteiger partial charge < -0.3 is 14.9 Å². The number of phenols is 1. The number of carbonyl (C=O) groups excluding carboxylic acids is 1. The van der Waals surface area contributed by atoms with Crippen molar-refractivity contribution in [3.8, 4) is 5.75 Å². The lowest BCUT2D eigenvalue weighted by Gasteiger charge is -2.03. The van der Waals surface area contributed by atoms with E-state index in [1.54, 1.807) is 0 Å². The Hall–Kier alpha value is -1.26. The fourth-order valence-electron chi connectivity index (χ4n) is 0.856. The summed E-state index contributed by atoms with van der Waals surface area (Å²) in [7, 11) is 0. The van der Waals surface area contributed by atoms with Gasteiger partial charge in [-0.2, -0.15) is 0 Å². The summed E-state index contributed by atoms with van der Waals surface area (Å²) in [6.07, 6.45) is 0. The molecule has 5 heteroatoms. The predicted molar refractivity (Wildman–Crippen MR) is 50.5 cm³/mol. The molecule has 1 aromatic carbocycles. The average Bonchev–Trinajstić information content (AvgIpc) is 2.18. The Bertz CT molecular complexity index is 338. The maximum absolute atomic E-state index is 11.2. The van der Waals surface area contributed by atoms with Crippen LogP contribution in [-0.2, 0) is 4.74 Å². The molecule has 0 bridgehead atoms. The minimum Gasteiger partial charge on any atom is -0.506 e. The van der Waals surface area contributed by atoms with Crippen LogP contribution < -0.4 is 0 Å². The van der Waals surface area contributed by atoms with Crippen molar-refractivity contribution in [2.45, 2.75) is 0 Å². The molecule has 0 fully saturated rings. The average molecular weight is 217 g/mol. The van der Waals surface area contributed by atoms with Gasteiger partial charge in [-0.1, -0.05) is 11.6 Å². The molecule has 1 aromatic rings. The Morgan fingerprint density at radius 1 is 1.50 bits per heavy atom. The van der Waals surface area contributed by atoms with Crippen LogP contribution in [0.4, 0.5) is 0 Å². The van der Waals surface area contributed by atoms with Crippen molar-refractivity contribution in [1.29, 1.82) is 0 Å². The van der Waals surface area contributed by atoms with E-state index in [0.717, 1.165) is 0 Å². The van der Waals surface area contributed by atoms with Gasteiger partial charge in [0.1, 0.15) is 12.4 Å². The number of esters is 1. The van der Waals surface area contributed by atoms with E-state index in [1.807, 2.05) is 0 Å². The molecule has 0 saturated heterocycles. The highest BCUT2D eigenvalue weighted by atomic mass is 35.5. The molecule has 0 aliphatic heterocycles. The van der Waals surface area contributed by atoms with Crippen LogP contribution in [0.2, 0.25) is 5.02 Å². The highest BCUT2D eigenvalue weighted by Crippen LogP contribution is 2.23. The molecule has 0 aliphatic rings. The summed E-state index contributed by atoms with van der Waals surface area (Å²) in [4.78, 5) is 11.2. The van der Waals surface area contributed by atoms with E-state index in [-0.39, 0.29) is 29.5 Å². The van der Waals surface area contributed by atoms with Crippen molar-refractivity contribution in [2.75, 3.05) is 13.2 Å². The van der Waals surface area contributed by atoms with Gasteiger partial charge in [-0.05, 0) is 18.2 Å². The molecule has 14 heavy (non-hydrogen) atoms. The van der Waals surface area contributed by atoms with Crippen LogP contribution in [-0.4, -0.2) is 29.4 Å². The van der Waals surface area contributed by atoms with Crippen LogP contribution in [0.1, 0.15) is 10.4 Å². The van der Waals surface area contributed by atoms with Gasteiger partial charge in [0.2, 0.25) is 0 Å². The van der Waals surface area contributed by atoms with Crippen molar-refractivity contribution in [1.82, 2.24) is 0 Å². The third kappa shape index (κ3) is 2.61. The number of hydrogen-bond donors (Lipinski definition) is 2. The lowest BCUT2D eigenvalue weighted by Crippen LogP contribution is -2.08. The van der Waals surface area contributed by atoms with Crippen molar-refractivity contribution in [3.05, 3.63) is 28.8 Å². The summed E-state index contributed by atoms with van der Waals surface area (Å²) in [6.45, 7) is -0.283. The summed E-state index contributed by atoms with van der Waals surface area (Å²) in [6, 6.07) is 4.00. The second-order valence-electron chi connectivity index (χ2n) is 2.53. The molecule has 0 radical (unpaired) electrons. The number of hydrogen-bond acceptors (Lipinski definition) is 4. The number of aromatic hydroxyl groups is 1.